The normalized spacial score (nSPS) is 14.8. The van der Waals surface area contributed by atoms with Gasteiger partial charge in [0, 0.05) is 5.88 Å². The number of carboxylic acids is 1. The second-order valence-electron chi connectivity index (χ2n) is 3.30. The van der Waals surface area contributed by atoms with Gasteiger partial charge in [-0.1, -0.05) is 24.3 Å². The van der Waals surface area contributed by atoms with Gasteiger partial charge in [-0.25, -0.2) is 4.79 Å². The lowest BCUT2D eigenvalue weighted by Gasteiger charge is -2.22. The number of benzene rings is 1. The molecule has 1 aromatic carbocycles. The molecule has 0 aliphatic heterocycles. The van der Waals surface area contributed by atoms with E-state index in [0.717, 1.165) is 5.56 Å². The molecule has 0 spiro atoms. The van der Waals surface area contributed by atoms with E-state index in [-0.39, 0.29) is 5.88 Å². The largest absolute Gasteiger partial charge is 0.480 e. The van der Waals surface area contributed by atoms with Crippen LogP contribution in [0.2, 0.25) is 0 Å². The highest BCUT2D eigenvalue weighted by molar-refractivity contribution is 6.17. The molecule has 3 nitrogen and oxygen atoms in total. The Labute approximate surface area is 87.5 Å². The standard InChI is InChI=1S/C10H12ClNO2/c1-10(12,9(13)14)8-5-3-2-4-7(8)6-11/h2-5H,6,12H2,1H3,(H,13,14)/t10-/m1/s1. The predicted molar refractivity (Wildman–Crippen MR) is 55.2 cm³/mol. The van der Waals surface area contributed by atoms with Gasteiger partial charge in [0.2, 0.25) is 0 Å². The van der Waals surface area contributed by atoms with Crippen molar-refractivity contribution in [3.8, 4) is 0 Å². The van der Waals surface area contributed by atoms with E-state index in [2.05, 4.69) is 0 Å². The van der Waals surface area contributed by atoms with Crippen molar-refractivity contribution in [2.24, 2.45) is 5.73 Å². The van der Waals surface area contributed by atoms with Crippen molar-refractivity contribution < 1.29 is 9.90 Å². The van der Waals surface area contributed by atoms with Crippen LogP contribution >= 0.6 is 11.6 Å². The van der Waals surface area contributed by atoms with Gasteiger partial charge in [0.1, 0.15) is 5.54 Å². The van der Waals surface area contributed by atoms with E-state index >= 15 is 0 Å². The molecule has 1 aromatic rings. The molecule has 3 N–H and O–H groups in total. The molecule has 0 aliphatic rings. The second-order valence-corrected chi connectivity index (χ2v) is 3.57. The maximum Gasteiger partial charge on any atom is 0.328 e. The SMILES string of the molecule is C[C@](N)(C(=O)O)c1ccccc1CCl. The van der Waals surface area contributed by atoms with Crippen LogP contribution in [0.25, 0.3) is 0 Å². The maximum atomic E-state index is 10.9. The summed E-state index contributed by atoms with van der Waals surface area (Å²) < 4.78 is 0. The lowest BCUT2D eigenvalue weighted by atomic mass is 9.90. The highest BCUT2D eigenvalue weighted by Gasteiger charge is 2.31. The lowest BCUT2D eigenvalue weighted by molar-refractivity contribution is -0.143. The number of halogens is 1. The molecule has 0 aromatic heterocycles. The summed E-state index contributed by atoms with van der Waals surface area (Å²) in [7, 11) is 0. The van der Waals surface area contributed by atoms with Crippen LogP contribution in [0, 0.1) is 0 Å². The Bertz CT molecular complexity index is 350. The summed E-state index contributed by atoms with van der Waals surface area (Å²) in [6.07, 6.45) is 0. The minimum atomic E-state index is -1.38. The summed E-state index contributed by atoms with van der Waals surface area (Å²) in [6, 6.07) is 7.01. The monoisotopic (exact) mass is 213 g/mol. The zero-order valence-corrected chi connectivity index (χ0v) is 8.58. The minimum Gasteiger partial charge on any atom is -0.480 e. The number of nitrogens with two attached hydrogens (primary N) is 1. The van der Waals surface area contributed by atoms with E-state index in [1.807, 2.05) is 0 Å². The summed E-state index contributed by atoms with van der Waals surface area (Å²) in [4.78, 5) is 10.9. The molecule has 14 heavy (non-hydrogen) atoms. The Morgan fingerprint density at radius 1 is 1.57 bits per heavy atom. The van der Waals surface area contributed by atoms with Crippen LogP contribution in [-0.4, -0.2) is 11.1 Å². The number of carboxylic acid groups (broad SMARTS) is 1. The van der Waals surface area contributed by atoms with Gasteiger partial charge in [0.15, 0.2) is 0 Å². The van der Waals surface area contributed by atoms with Gasteiger partial charge in [-0.2, -0.15) is 0 Å². The van der Waals surface area contributed by atoms with Crippen molar-refractivity contribution in [3.63, 3.8) is 0 Å². The molecule has 0 aliphatic carbocycles. The van der Waals surface area contributed by atoms with Gasteiger partial charge >= 0.3 is 5.97 Å². The average molecular weight is 214 g/mol. The van der Waals surface area contributed by atoms with Gasteiger partial charge in [-0.3, -0.25) is 0 Å². The number of carbonyl (C=O) groups is 1. The first-order valence-corrected chi connectivity index (χ1v) is 4.70. The lowest BCUT2D eigenvalue weighted by Crippen LogP contribution is -2.42. The Balaban J connectivity index is 3.24. The Hall–Kier alpha value is -1.06. The number of rotatable bonds is 3. The van der Waals surface area contributed by atoms with Gasteiger partial charge in [-0.05, 0) is 18.1 Å². The molecule has 1 rings (SSSR count). The van der Waals surface area contributed by atoms with Crippen molar-refractivity contribution in [3.05, 3.63) is 35.4 Å². The van der Waals surface area contributed by atoms with Crippen LogP contribution in [0.15, 0.2) is 24.3 Å². The van der Waals surface area contributed by atoms with E-state index in [4.69, 9.17) is 22.4 Å². The Morgan fingerprint density at radius 2 is 2.14 bits per heavy atom. The van der Waals surface area contributed by atoms with Crippen molar-refractivity contribution in [2.75, 3.05) is 0 Å². The highest BCUT2D eigenvalue weighted by Crippen LogP contribution is 2.23. The van der Waals surface area contributed by atoms with E-state index in [1.54, 1.807) is 24.3 Å². The van der Waals surface area contributed by atoms with Gasteiger partial charge in [0.05, 0.1) is 0 Å². The zero-order valence-electron chi connectivity index (χ0n) is 7.83. The first kappa shape index (κ1) is 11.0. The summed E-state index contributed by atoms with van der Waals surface area (Å²) in [5.41, 5.74) is 5.62. The number of alkyl halides is 1. The smallest absolute Gasteiger partial charge is 0.328 e. The van der Waals surface area contributed by atoms with E-state index in [1.165, 1.54) is 6.92 Å². The fraction of sp³-hybridized carbons (Fsp3) is 0.300. The quantitative estimate of drug-likeness (QED) is 0.751. The highest BCUT2D eigenvalue weighted by atomic mass is 35.5. The van der Waals surface area contributed by atoms with Crippen LogP contribution in [0.4, 0.5) is 0 Å². The fourth-order valence-electron chi connectivity index (χ4n) is 1.26. The molecule has 0 bridgehead atoms. The molecular weight excluding hydrogens is 202 g/mol. The number of aliphatic carboxylic acids is 1. The number of hydrogen-bond donors (Lipinski definition) is 2. The third-order valence-electron chi connectivity index (χ3n) is 2.17. The summed E-state index contributed by atoms with van der Waals surface area (Å²) in [5, 5.41) is 8.95. The van der Waals surface area contributed by atoms with Crippen molar-refractivity contribution in [2.45, 2.75) is 18.3 Å². The molecule has 0 fully saturated rings. The molecular formula is C10H12ClNO2. The molecule has 4 heteroatoms. The second kappa shape index (κ2) is 3.98. The molecule has 0 saturated heterocycles. The molecule has 0 amide bonds. The predicted octanol–water partition coefficient (Wildman–Crippen LogP) is 1.68. The molecule has 76 valence electrons. The summed E-state index contributed by atoms with van der Waals surface area (Å²) in [6.45, 7) is 1.46. The molecule has 0 radical (unpaired) electrons. The maximum absolute atomic E-state index is 10.9. The Kier molecular flexibility index (Phi) is 3.13. The van der Waals surface area contributed by atoms with E-state index < -0.39 is 11.5 Å². The van der Waals surface area contributed by atoms with Crippen LogP contribution in [0.5, 0.6) is 0 Å². The third kappa shape index (κ3) is 1.89. The van der Waals surface area contributed by atoms with Gasteiger partial charge < -0.3 is 10.8 Å². The zero-order chi connectivity index (χ0) is 10.8. The van der Waals surface area contributed by atoms with Crippen LogP contribution < -0.4 is 5.73 Å². The van der Waals surface area contributed by atoms with E-state index in [9.17, 15) is 4.79 Å². The van der Waals surface area contributed by atoms with Crippen molar-refractivity contribution in [1.82, 2.24) is 0 Å². The first-order chi connectivity index (χ1) is 6.50. The fourth-order valence-corrected chi connectivity index (χ4v) is 1.49. The average Bonchev–Trinajstić information content (AvgIpc) is 2.17. The summed E-state index contributed by atoms with van der Waals surface area (Å²) in [5.74, 6) is -0.800. The van der Waals surface area contributed by atoms with Gasteiger partial charge in [0.25, 0.3) is 0 Å². The van der Waals surface area contributed by atoms with Crippen LogP contribution in [0.1, 0.15) is 18.1 Å². The van der Waals surface area contributed by atoms with E-state index in [0.29, 0.717) is 5.56 Å². The summed E-state index contributed by atoms with van der Waals surface area (Å²) >= 11 is 5.69. The minimum absolute atomic E-state index is 0.260. The third-order valence-corrected chi connectivity index (χ3v) is 2.45. The van der Waals surface area contributed by atoms with Crippen molar-refractivity contribution >= 4 is 17.6 Å². The van der Waals surface area contributed by atoms with Crippen molar-refractivity contribution in [1.29, 1.82) is 0 Å². The first-order valence-electron chi connectivity index (χ1n) is 4.16. The topological polar surface area (TPSA) is 63.3 Å². The van der Waals surface area contributed by atoms with Gasteiger partial charge in [-0.15, -0.1) is 11.6 Å². The molecule has 1 atom stereocenters. The molecule has 0 heterocycles. The molecule has 0 saturated carbocycles. The van der Waals surface area contributed by atoms with Crippen LogP contribution in [0.3, 0.4) is 0 Å². The number of hydrogen-bond acceptors (Lipinski definition) is 2. The molecule has 0 unspecified atom stereocenters. The Morgan fingerprint density at radius 3 is 2.64 bits per heavy atom. The van der Waals surface area contributed by atoms with Crippen LogP contribution in [-0.2, 0) is 16.2 Å².